The number of carbonyl (C=O) groups excluding carboxylic acids is 1. The van der Waals surface area contributed by atoms with Crippen molar-refractivity contribution in [3.05, 3.63) is 18.0 Å². The highest BCUT2D eigenvalue weighted by Crippen LogP contribution is 2.08. The van der Waals surface area contributed by atoms with E-state index >= 15 is 0 Å². The third-order valence-corrected chi connectivity index (χ3v) is 2.54. The number of Topliss-reactive ketones (excluding diaryl/α,β-unsaturated/α-hetero) is 1. The molecule has 0 saturated heterocycles. The minimum Gasteiger partial charge on any atom is -0.330 e. The van der Waals surface area contributed by atoms with Crippen LogP contribution in [0.2, 0.25) is 0 Å². The molecule has 4 heteroatoms. The molecule has 0 aliphatic heterocycles. The molecule has 0 fully saturated rings. The van der Waals surface area contributed by atoms with Gasteiger partial charge in [-0.15, -0.1) is 0 Å². The number of hydrogen-bond donors (Lipinski definition) is 1. The summed E-state index contributed by atoms with van der Waals surface area (Å²) in [6.07, 6.45) is 4.92. The van der Waals surface area contributed by atoms with Gasteiger partial charge < -0.3 is 5.73 Å². The van der Waals surface area contributed by atoms with Gasteiger partial charge in [0.05, 0.1) is 6.20 Å². The van der Waals surface area contributed by atoms with Crippen molar-refractivity contribution in [3.63, 3.8) is 0 Å². The van der Waals surface area contributed by atoms with E-state index in [1.807, 2.05) is 24.7 Å². The largest absolute Gasteiger partial charge is 0.330 e. The Morgan fingerprint density at radius 3 is 2.93 bits per heavy atom. The van der Waals surface area contributed by atoms with Gasteiger partial charge in [0.15, 0.2) is 0 Å². The number of nitrogens with two attached hydrogens (primary N) is 1. The maximum Gasteiger partial charge on any atom is 0.140 e. The molecule has 0 bridgehead atoms. The molecular formula is C11H19N3O. The minimum atomic E-state index is 0.0555. The highest BCUT2D eigenvalue weighted by molar-refractivity contribution is 5.82. The van der Waals surface area contributed by atoms with Crippen molar-refractivity contribution in [2.45, 2.75) is 33.2 Å². The van der Waals surface area contributed by atoms with Crippen LogP contribution in [-0.4, -0.2) is 22.1 Å². The van der Waals surface area contributed by atoms with Gasteiger partial charge in [0.25, 0.3) is 0 Å². The smallest absolute Gasteiger partial charge is 0.140 e. The zero-order chi connectivity index (χ0) is 11.3. The predicted octanol–water partition coefficient (Wildman–Crippen LogP) is 0.999. The average Bonchev–Trinajstić information content (AvgIpc) is 2.66. The van der Waals surface area contributed by atoms with Crippen molar-refractivity contribution in [1.29, 1.82) is 0 Å². The zero-order valence-corrected chi connectivity index (χ0v) is 9.44. The Labute approximate surface area is 90.5 Å². The molecular weight excluding hydrogens is 190 g/mol. The summed E-state index contributed by atoms with van der Waals surface area (Å²) in [5, 5.41) is 4.13. The Morgan fingerprint density at radius 1 is 1.67 bits per heavy atom. The Morgan fingerprint density at radius 2 is 2.40 bits per heavy atom. The molecule has 1 rings (SSSR count). The fraction of sp³-hybridized carbons (Fsp3) is 0.636. The summed E-state index contributed by atoms with van der Waals surface area (Å²) in [5.41, 5.74) is 6.41. The fourth-order valence-corrected chi connectivity index (χ4v) is 1.46. The van der Waals surface area contributed by atoms with E-state index in [-0.39, 0.29) is 11.7 Å². The molecule has 84 valence electrons. The number of rotatable bonds is 6. The maximum atomic E-state index is 11.7. The van der Waals surface area contributed by atoms with Crippen LogP contribution in [0, 0.1) is 5.92 Å². The second kappa shape index (κ2) is 5.66. The SMILES string of the molecule is CCn1cc(CC(=O)C(C)CCN)cn1. The molecule has 0 aliphatic rings. The van der Waals surface area contributed by atoms with E-state index in [0.717, 1.165) is 18.5 Å². The van der Waals surface area contributed by atoms with Gasteiger partial charge >= 0.3 is 0 Å². The molecule has 1 aromatic heterocycles. The average molecular weight is 209 g/mol. The van der Waals surface area contributed by atoms with Crippen LogP contribution in [0.15, 0.2) is 12.4 Å². The van der Waals surface area contributed by atoms with E-state index in [0.29, 0.717) is 13.0 Å². The van der Waals surface area contributed by atoms with Crippen LogP contribution in [0.5, 0.6) is 0 Å². The first-order valence-electron chi connectivity index (χ1n) is 5.41. The summed E-state index contributed by atoms with van der Waals surface area (Å²) in [6, 6.07) is 0. The second-order valence-electron chi connectivity index (χ2n) is 3.83. The second-order valence-corrected chi connectivity index (χ2v) is 3.83. The van der Waals surface area contributed by atoms with Gasteiger partial charge in [-0.05, 0) is 25.5 Å². The van der Waals surface area contributed by atoms with Gasteiger partial charge in [-0.25, -0.2) is 0 Å². The third-order valence-electron chi connectivity index (χ3n) is 2.54. The number of aryl methyl sites for hydroxylation is 1. The number of hydrogen-bond acceptors (Lipinski definition) is 3. The predicted molar refractivity (Wildman–Crippen MR) is 59.4 cm³/mol. The molecule has 1 unspecified atom stereocenters. The third kappa shape index (κ3) is 3.47. The van der Waals surface area contributed by atoms with Crippen LogP contribution in [-0.2, 0) is 17.8 Å². The molecule has 2 N–H and O–H groups in total. The summed E-state index contributed by atoms with van der Waals surface area (Å²) in [7, 11) is 0. The normalized spacial score (nSPS) is 12.7. The van der Waals surface area contributed by atoms with Crippen LogP contribution in [0.1, 0.15) is 25.8 Å². The summed E-state index contributed by atoms with van der Waals surface area (Å²) >= 11 is 0. The summed E-state index contributed by atoms with van der Waals surface area (Å²) in [6.45, 7) is 5.36. The highest BCUT2D eigenvalue weighted by atomic mass is 16.1. The standard InChI is InChI=1S/C11H19N3O/c1-3-14-8-10(7-13-14)6-11(15)9(2)4-5-12/h7-9H,3-6,12H2,1-2H3. The minimum absolute atomic E-state index is 0.0555. The van der Waals surface area contributed by atoms with Gasteiger partial charge in [0, 0.05) is 25.1 Å². The number of nitrogens with zero attached hydrogens (tertiary/aromatic N) is 2. The lowest BCUT2D eigenvalue weighted by Gasteiger charge is -2.07. The molecule has 4 nitrogen and oxygen atoms in total. The van der Waals surface area contributed by atoms with Crippen molar-refractivity contribution < 1.29 is 4.79 Å². The summed E-state index contributed by atoms with van der Waals surface area (Å²) < 4.78 is 1.83. The molecule has 0 aliphatic carbocycles. The molecule has 0 saturated carbocycles. The number of carbonyl (C=O) groups is 1. The molecule has 0 aromatic carbocycles. The Balaban J connectivity index is 2.50. The van der Waals surface area contributed by atoms with Gasteiger partial charge in [0.1, 0.15) is 5.78 Å². The first-order chi connectivity index (χ1) is 7.17. The van der Waals surface area contributed by atoms with Crippen LogP contribution < -0.4 is 5.73 Å². The van der Waals surface area contributed by atoms with Gasteiger partial charge in [-0.2, -0.15) is 5.10 Å². The van der Waals surface area contributed by atoms with Crippen molar-refractivity contribution >= 4 is 5.78 Å². The van der Waals surface area contributed by atoms with Crippen LogP contribution in [0.3, 0.4) is 0 Å². The van der Waals surface area contributed by atoms with Crippen LogP contribution >= 0.6 is 0 Å². The Bertz CT molecular complexity index is 319. The van der Waals surface area contributed by atoms with Crippen molar-refractivity contribution in [3.8, 4) is 0 Å². The van der Waals surface area contributed by atoms with E-state index in [1.54, 1.807) is 6.20 Å². The summed E-state index contributed by atoms with van der Waals surface area (Å²) in [4.78, 5) is 11.7. The lowest BCUT2D eigenvalue weighted by molar-refractivity contribution is -0.121. The van der Waals surface area contributed by atoms with E-state index in [2.05, 4.69) is 5.10 Å². The van der Waals surface area contributed by atoms with Crippen molar-refractivity contribution in [2.24, 2.45) is 11.7 Å². The Kier molecular flexibility index (Phi) is 4.49. The van der Waals surface area contributed by atoms with E-state index in [9.17, 15) is 4.79 Å². The van der Waals surface area contributed by atoms with Gasteiger partial charge in [-0.1, -0.05) is 6.92 Å². The molecule has 0 amide bonds. The van der Waals surface area contributed by atoms with E-state index in [1.165, 1.54) is 0 Å². The number of ketones is 1. The number of aromatic nitrogens is 2. The first kappa shape index (κ1) is 11.9. The molecule has 0 radical (unpaired) electrons. The van der Waals surface area contributed by atoms with Crippen LogP contribution in [0.4, 0.5) is 0 Å². The molecule has 1 aromatic rings. The highest BCUT2D eigenvalue weighted by Gasteiger charge is 2.13. The van der Waals surface area contributed by atoms with Gasteiger partial charge in [0.2, 0.25) is 0 Å². The Hall–Kier alpha value is -1.16. The lowest BCUT2D eigenvalue weighted by Crippen LogP contribution is -2.17. The molecule has 1 heterocycles. The lowest BCUT2D eigenvalue weighted by atomic mass is 9.98. The van der Waals surface area contributed by atoms with Crippen molar-refractivity contribution in [2.75, 3.05) is 6.54 Å². The first-order valence-corrected chi connectivity index (χ1v) is 5.41. The maximum absolute atomic E-state index is 11.7. The molecule has 15 heavy (non-hydrogen) atoms. The van der Waals surface area contributed by atoms with Crippen LogP contribution in [0.25, 0.3) is 0 Å². The summed E-state index contributed by atoms with van der Waals surface area (Å²) in [5.74, 6) is 0.302. The van der Waals surface area contributed by atoms with E-state index in [4.69, 9.17) is 5.73 Å². The van der Waals surface area contributed by atoms with Gasteiger partial charge in [-0.3, -0.25) is 9.48 Å². The molecule has 1 atom stereocenters. The zero-order valence-electron chi connectivity index (χ0n) is 9.44. The quantitative estimate of drug-likeness (QED) is 0.760. The fourth-order valence-electron chi connectivity index (χ4n) is 1.46. The monoisotopic (exact) mass is 209 g/mol. The molecule has 0 spiro atoms. The topological polar surface area (TPSA) is 60.9 Å². The van der Waals surface area contributed by atoms with Crippen molar-refractivity contribution in [1.82, 2.24) is 9.78 Å². The van der Waals surface area contributed by atoms with E-state index < -0.39 is 0 Å².